The third-order valence-corrected chi connectivity index (χ3v) is 6.71. The van der Waals surface area contributed by atoms with Gasteiger partial charge in [-0.15, -0.1) is 0 Å². The van der Waals surface area contributed by atoms with Crippen LogP contribution in [-0.4, -0.2) is 30.9 Å². The van der Waals surface area contributed by atoms with Gasteiger partial charge in [-0.1, -0.05) is 6.07 Å². The maximum atomic E-state index is 14.7. The molecule has 0 aliphatic carbocycles. The van der Waals surface area contributed by atoms with Crippen LogP contribution in [0.4, 0.5) is 16.0 Å². The van der Waals surface area contributed by atoms with Gasteiger partial charge < -0.3 is 10.6 Å². The summed E-state index contributed by atoms with van der Waals surface area (Å²) >= 11 is 0. The van der Waals surface area contributed by atoms with Crippen molar-refractivity contribution >= 4 is 22.7 Å². The van der Waals surface area contributed by atoms with Gasteiger partial charge >= 0.3 is 0 Å². The Morgan fingerprint density at radius 2 is 1.94 bits per heavy atom. The normalized spacial score (nSPS) is 15.3. The van der Waals surface area contributed by atoms with E-state index in [1.807, 2.05) is 19.9 Å². The summed E-state index contributed by atoms with van der Waals surface area (Å²) in [6.45, 7) is 12.1. The number of alkyl halides is 1. The Morgan fingerprint density at radius 1 is 1.17 bits per heavy atom. The van der Waals surface area contributed by atoms with Gasteiger partial charge in [0.1, 0.15) is 11.1 Å². The number of benzene rings is 1. The Hall–Kier alpha value is -3.59. The number of hydrogen-bond donors (Lipinski definition) is 2. The molecule has 188 valence electrons. The predicted octanol–water partition coefficient (Wildman–Crippen LogP) is 4.89. The second-order valence-electron chi connectivity index (χ2n) is 10.7. The molecule has 0 bridgehead atoms. The van der Waals surface area contributed by atoms with E-state index >= 15 is 0 Å². The highest BCUT2D eigenvalue weighted by Crippen LogP contribution is 2.31. The fourth-order valence-electron chi connectivity index (χ4n) is 4.87. The average molecular weight is 490 g/mol. The summed E-state index contributed by atoms with van der Waals surface area (Å²) in [5.74, 6) is 0.380. The van der Waals surface area contributed by atoms with Crippen LogP contribution in [0.1, 0.15) is 64.4 Å². The van der Waals surface area contributed by atoms with E-state index in [-0.39, 0.29) is 22.8 Å². The lowest BCUT2D eigenvalue weighted by atomic mass is 9.85. The molecular weight excluding hydrogens is 457 g/mol. The number of nitrogens with zero attached hydrogens (tertiary/aromatic N) is 5. The van der Waals surface area contributed by atoms with Gasteiger partial charge in [-0.3, -0.25) is 9.78 Å². The number of anilines is 2. The maximum absolute atomic E-state index is 14.7. The molecular formula is C27H32FN7O. The van der Waals surface area contributed by atoms with Gasteiger partial charge in [0.2, 0.25) is 5.95 Å². The van der Waals surface area contributed by atoms with Crippen LogP contribution in [0.2, 0.25) is 0 Å². The first-order valence-electron chi connectivity index (χ1n) is 12.3. The van der Waals surface area contributed by atoms with Gasteiger partial charge in [0.25, 0.3) is 5.56 Å². The minimum Gasteiger partial charge on any atom is -0.324 e. The molecule has 0 saturated heterocycles. The highest BCUT2D eigenvalue weighted by atomic mass is 19.1. The summed E-state index contributed by atoms with van der Waals surface area (Å²) in [6, 6.07) is 9.54. The molecule has 0 saturated carbocycles. The van der Waals surface area contributed by atoms with Gasteiger partial charge in [-0.2, -0.15) is 4.98 Å². The zero-order chi connectivity index (χ0) is 25.8. The molecule has 0 radical (unpaired) electrons. The second-order valence-corrected chi connectivity index (χ2v) is 10.7. The second kappa shape index (κ2) is 8.51. The number of nitrogens with one attached hydrogen (secondary N) is 2. The largest absolute Gasteiger partial charge is 0.324 e. The number of rotatable bonds is 5. The van der Waals surface area contributed by atoms with Gasteiger partial charge in [0.15, 0.2) is 5.65 Å². The lowest BCUT2D eigenvalue weighted by molar-refractivity contribution is 0.214. The molecule has 0 amide bonds. The SMILES string of the molecule is CC(C)n1c(=O)c2cnc(Nc3ccc4c(c3)CCNC4(C)C)nc2n1-c1ccnc(C(C)(C)F)c1. The summed E-state index contributed by atoms with van der Waals surface area (Å²) in [6.07, 6.45) is 4.05. The third-order valence-electron chi connectivity index (χ3n) is 6.71. The number of aromatic nitrogens is 5. The fraction of sp³-hybridized carbons (Fsp3) is 0.407. The first-order valence-corrected chi connectivity index (χ1v) is 12.3. The summed E-state index contributed by atoms with van der Waals surface area (Å²) in [5, 5.41) is 7.25. The van der Waals surface area contributed by atoms with E-state index in [4.69, 9.17) is 4.98 Å². The van der Waals surface area contributed by atoms with Gasteiger partial charge in [0.05, 0.1) is 11.4 Å². The van der Waals surface area contributed by atoms with Crippen LogP contribution >= 0.6 is 0 Å². The summed E-state index contributed by atoms with van der Waals surface area (Å²) in [5.41, 5.74) is 2.89. The Bertz CT molecular complexity index is 1510. The maximum Gasteiger partial charge on any atom is 0.278 e. The number of halogens is 1. The van der Waals surface area contributed by atoms with Crippen molar-refractivity contribution in [3.63, 3.8) is 0 Å². The van der Waals surface area contributed by atoms with E-state index in [0.717, 1.165) is 18.7 Å². The molecule has 0 atom stereocenters. The standard InChI is InChI=1S/C27H32FN7O/c1-16(2)34-24(36)20-15-30-25(32-18-7-8-21-17(13-18)9-12-31-27(21,5)6)33-23(20)35(34)19-10-11-29-22(14-19)26(3,4)28/h7-8,10-11,13-16,31H,9,12H2,1-6H3,(H,30,32,33). The van der Waals surface area contributed by atoms with Crippen LogP contribution < -0.4 is 16.2 Å². The summed E-state index contributed by atoms with van der Waals surface area (Å²) < 4.78 is 18.0. The Balaban J connectivity index is 1.61. The molecule has 1 aliphatic heterocycles. The number of hydrogen-bond acceptors (Lipinski definition) is 6. The lowest BCUT2D eigenvalue weighted by Crippen LogP contribution is -2.42. The molecule has 0 spiro atoms. The van der Waals surface area contributed by atoms with E-state index in [1.165, 1.54) is 25.0 Å². The van der Waals surface area contributed by atoms with E-state index in [9.17, 15) is 9.18 Å². The van der Waals surface area contributed by atoms with E-state index in [0.29, 0.717) is 22.7 Å². The van der Waals surface area contributed by atoms with Crippen LogP contribution in [-0.2, 0) is 17.6 Å². The van der Waals surface area contributed by atoms with E-state index in [2.05, 4.69) is 46.6 Å². The Morgan fingerprint density at radius 3 is 2.67 bits per heavy atom. The number of pyridine rings is 1. The molecule has 0 unspecified atom stereocenters. The minimum absolute atomic E-state index is 0.0745. The quantitative estimate of drug-likeness (QED) is 0.415. The molecule has 8 nitrogen and oxygen atoms in total. The average Bonchev–Trinajstić information content (AvgIpc) is 3.10. The highest BCUT2D eigenvalue weighted by molar-refractivity contribution is 5.77. The van der Waals surface area contributed by atoms with Crippen molar-refractivity contribution < 1.29 is 4.39 Å². The molecule has 4 heterocycles. The predicted molar refractivity (Wildman–Crippen MR) is 140 cm³/mol. The summed E-state index contributed by atoms with van der Waals surface area (Å²) in [7, 11) is 0. The smallest absolute Gasteiger partial charge is 0.278 e. The zero-order valence-corrected chi connectivity index (χ0v) is 21.6. The first kappa shape index (κ1) is 24.1. The molecule has 9 heteroatoms. The molecule has 2 N–H and O–H groups in total. The van der Waals surface area contributed by atoms with Crippen molar-refractivity contribution in [1.29, 1.82) is 0 Å². The van der Waals surface area contributed by atoms with Crippen LogP contribution in [0, 0.1) is 0 Å². The fourth-order valence-corrected chi connectivity index (χ4v) is 4.87. The van der Waals surface area contributed by atoms with Crippen LogP contribution in [0.15, 0.2) is 47.5 Å². The summed E-state index contributed by atoms with van der Waals surface area (Å²) in [4.78, 5) is 26.6. The molecule has 5 rings (SSSR count). The van der Waals surface area contributed by atoms with Gasteiger partial charge in [-0.25, -0.2) is 18.7 Å². The van der Waals surface area contributed by atoms with Crippen LogP contribution in [0.3, 0.4) is 0 Å². The highest BCUT2D eigenvalue weighted by Gasteiger charge is 2.27. The van der Waals surface area contributed by atoms with Crippen molar-refractivity contribution in [2.45, 2.75) is 65.2 Å². The van der Waals surface area contributed by atoms with Crippen molar-refractivity contribution in [1.82, 2.24) is 29.6 Å². The zero-order valence-electron chi connectivity index (χ0n) is 21.6. The number of fused-ring (bicyclic) bond motifs is 2. The molecule has 4 aromatic rings. The van der Waals surface area contributed by atoms with Crippen molar-refractivity contribution in [2.24, 2.45) is 0 Å². The topological polar surface area (TPSA) is 89.7 Å². The van der Waals surface area contributed by atoms with Gasteiger partial charge in [-0.05, 0) is 89.9 Å². The molecule has 0 fully saturated rings. The van der Waals surface area contributed by atoms with Crippen LogP contribution in [0.5, 0.6) is 0 Å². The van der Waals surface area contributed by atoms with Crippen molar-refractivity contribution in [3.05, 3.63) is 69.9 Å². The first-order chi connectivity index (χ1) is 17.0. The molecule has 3 aromatic heterocycles. The molecule has 1 aliphatic rings. The van der Waals surface area contributed by atoms with Crippen molar-refractivity contribution in [2.75, 3.05) is 11.9 Å². The monoisotopic (exact) mass is 489 g/mol. The molecule has 1 aromatic carbocycles. The lowest BCUT2D eigenvalue weighted by Gasteiger charge is -2.34. The molecule has 36 heavy (non-hydrogen) atoms. The van der Waals surface area contributed by atoms with Gasteiger partial charge in [0, 0.05) is 29.7 Å². The Kier molecular flexibility index (Phi) is 5.70. The van der Waals surface area contributed by atoms with E-state index in [1.54, 1.807) is 33.9 Å². The Labute approximate surface area is 209 Å². The minimum atomic E-state index is -1.62. The van der Waals surface area contributed by atoms with Crippen LogP contribution in [0.25, 0.3) is 16.7 Å². The van der Waals surface area contributed by atoms with E-state index < -0.39 is 5.67 Å². The van der Waals surface area contributed by atoms with Crippen molar-refractivity contribution in [3.8, 4) is 5.69 Å². The third kappa shape index (κ3) is 4.17.